The maximum absolute atomic E-state index is 9.64. The third kappa shape index (κ3) is 10.8. The Bertz CT molecular complexity index is 723. The smallest absolute Gasteiger partial charge is 0.160 e. The first-order chi connectivity index (χ1) is 15.6. The van der Waals surface area contributed by atoms with Gasteiger partial charge < -0.3 is 19.7 Å². The Balaban J connectivity index is 1.37. The van der Waals surface area contributed by atoms with Crippen molar-refractivity contribution in [2.45, 2.75) is 25.7 Å². The number of methoxy groups -OCH3 is 2. The molecule has 0 aliphatic rings. The fourth-order valence-corrected chi connectivity index (χ4v) is 7.78. The molecule has 2 aromatic carbocycles. The average molecular weight is 515 g/mol. The summed E-state index contributed by atoms with van der Waals surface area (Å²) in [7, 11) is 7.13. The van der Waals surface area contributed by atoms with Gasteiger partial charge in [-0.3, -0.25) is 0 Å². The van der Waals surface area contributed by atoms with E-state index in [4.69, 9.17) is 9.47 Å². The van der Waals surface area contributed by atoms with Gasteiger partial charge in [0.2, 0.25) is 0 Å². The number of hydrogen-bond donors (Lipinski definition) is 2. The van der Waals surface area contributed by atoms with Crippen molar-refractivity contribution in [3.05, 3.63) is 47.5 Å². The highest BCUT2D eigenvalue weighted by Gasteiger charge is 2.04. The minimum atomic E-state index is 0.202. The second kappa shape index (κ2) is 16.6. The molecule has 8 heteroatoms. The normalized spacial score (nSPS) is 10.9. The number of aryl methyl sites for hydroxylation is 2. The summed E-state index contributed by atoms with van der Waals surface area (Å²) in [6.07, 6.45) is 4.32. The lowest BCUT2D eigenvalue weighted by atomic mass is 10.1. The van der Waals surface area contributed by atoms with Gasteiger partial charge in [-0.25, -0.2) is 0 Å². The van der Waals surface area contributed by atoms with Gasteiger partial charge in [0.15, 0.2) is 23.0 Å². The van der Waals surface area contributed by atoms with Gasteiger partial charge in [-0.2, -0.15) is 23.5 Å². The third-order valence-corrected chi connectivity index (χ3v) is 9.77. The van der Waals surface area contributed by atoms with Gasteiger partial charge in [0.05, 0.1) is 14.2 Å². The van der Waals surface area contributed by atoms with Crippen molar-refractivity contribution in [3.63, 3.8) is 0 Å². The van der Waals surface area contributed by atoms with Crippen molar-refractivity contribution >= 4 is 45.1 Å². The van der Waals surface area contributed by atoms with Crippen molar-refractivity contribution < 1.29 is 19.7 Å². The molecule has 0 heterocycles. The minimum absolute atomic E-state index is 0.202. The molecular formula is C24H34O4S4. The standard InChI is InChI=1S/C24H34O4S4/c1-27-23-17-19(7-9-21(23)25)5-3-11-29-13-15-31-32-16-14-30-12-4-6-20-8-10-22(26)24(18-20)28-2/h7-10,17-18,25-26H,3-6,11-16H2,1-2H3. The van der Waals surface area contributed by atoms with Crippen molar-refractivity contribution in [3.8, 4) is 23.0 Å². The summed E-state index contributed by atoms with van der Waals surface area (Å²) in [4.78, 5) is 0. The Morgan fingerprint density at radius 3 is 1.47 bits per heavy atom. The highest BCUT2D eigenvalue weighted by molar-refractivity contribution is 8.76. The number of rotatable bonds is 17. The lowest BCUT2D eigenvalue weighted by Gasteiger charge is -2.07. The second-order valence-corrected chi connectivity index (χ2v) is 12.2. The van der Waals surface area contributed by atoms with Gasteiger partial charge in [-0.05, 0) is 72.6 Å². The summed E-state index contributed by atoms with van der Waals surface area (Å²) >= 11 is 4.03. The predicted octanol–water partition coefficient (Wildman–Crippen LogP) is 6.53. The van der Waals surface area contributed by atoms with Gasteiger partial charge in [-0.15, -0.1) is 0 Å². The van der Waals surface area contributed by atoms with Crippen LogP contribution in [0.4, 0.5) is 0 Å². The Kier molecular flexibility index (Phi) is 14.2. The number of thioether (sulfide) groups is 2. The van der Waals surface area contributed by atoms with Crippen molar-refractivity contribution in [2.24, 2.45) is 0 Å². The molecule has 0 aromatic heterocycles. The van der Waals surface area contributed by atoms with E-state index >= 15 is 0 Å². The molecular weight excluding hydrogens is 481 g/mol. The zero-order valence-corrected chi connectivity index (χ0v) is 22.1. The quantitative estimate of drug-likeness (QED) is 0.183. The van der Waals surface area contributed by atoms with E-state index in [2.05, 4.69) is 0 Å². The lowest BCUT2D eigenvalue weighted by Crippen LogP contribution is -1.93. The molecule has 32 heavy (non-hydrogen) atoms. The van der Waals surface area contributed by atoms with Crippen LogP contribution in [0.15, 0.2) is 36.4 Å². The molecule has 0 radical (unpaired) electrons. The van der Waals surface area contributed by atoms with Crippen molar-refractivity contribution in [2.75, 3.05) is 48.7 Å². The molecule has 0 aliphatic heterocycles. The fourth-order valence-electron chi connectivity index (χ4n) is 3.02. The van der Waals surface area contributed by atoms with Crippen LogP contribution in [0.5, 0.6) is 23.0 Å². The number of phenols is 2. The summed E-state index contributed by atoms with van der Waals surface area (Å²) in [6.45, 7) is 0. The summed E-state index contributed by atoms with van der Waals surface area (Å²) < 4.78 is 10.3. The van der Waals surface area contributed by atoms with E-state index in [-0.39, 0.29) is 11.5 Å². The third-order valence-electron chi connectivity index (χ3n) is 4.70. The predicted molar refractivity (Wildman–Crippen MR) is 146 cm³/mol. The van der Waals surface area contributed by atoms with Crippen LogP contribution in [0.3, 0.4) is 0 Å². The fraction of sp³-hybridized carbons (Fsp3) is 0.500. The Labute approximate surface area is 209 Å². The molecule has 4 nitrogen and oxygen atoms in total. The number of aromatic hydroxyl groups is 2. The van der Waals surface area contributed by atoms with Crippen LogP contribution in [0, 0.1) is 0 Å². The van der Waals surface area contributed by atoms with E-state index in [9.17, 15) is 10.2 Å². The zero-order chi connectivity index (χ0) is 23.0. The Morgan fingerprint density at radius 1 is 0.625 bits per heavy atom. The molecule has 0 saturated carbocycles. The molecule has 0 amide bonds. The lowest BCUT2D eigenvalue weighted by molar-refractivity contribution is 0.373. The summed E-state index contributed by atoms with van der Waals surface area (Å²) in [6, 6.07) is 11.2. The Morgan fingerprint density at radius 2 is 1.06 bits per heavy atom. The number of ether oxygens (including phenoxy) is 2. The monoisotopic (exact) mass is 514 g/mol. The summed E-state index contributed by atoms with van der Waals surface area (Å²) in [5, 5.41) is 19.3. The van der Waals surface area contributed by atoms with E-state index in [0.29, 0.717) is 11.5 Å². The number of phenolic OH excluding ortho intramolecular Hbond substituents is 2. The average Bonchev–Trinajstić information content (AvgIpc) is 2.81. The molecule has 178 valence electrons. The maximum atomic E-state index is 9.64. The largest absolute Gasteiger partial charge is 0.504 e. The second-order valence-electron chi connectivity index (χ2n) is 7.09. The highest BCUT2D eigenvalue weighted by atomic mass is 33.1. The van der Waals surface area contributed by atoms with Crippen LogP contribution in [0.25, 0.3) is 0 Å². The summed E-state index contributed by atoms with van der Waals surface area (Å²) in [5.74, 6) is 8.61. The van der Waals surface area contributed by atoms with Gasteiger partial charge in [0, 0.05) is 23.0 Å². The van der Waals surface area contributed by atoms with Gasteiger partial charge in [0.1, 0.15) is 0 Å². The molecule has 0 unspecified atom stereocenters. The van der Waals surface area contributed by atoms with Crippen LogP contribution in [0.2, 0.25) is 0 Å². The van der Waals surface area contributed by atoms with Crippen LogP contribution in [0.1, 0.15) is 24.0 Å². The molecule has 0 saturated heterocycles. The topological polar surface area (TPSA) is 58.9 Å². The van der Waals surface area contributed by atoms with E-state index in [1.807, 2.05) is 69.4 Å². The van der Waals surface area contributed by atoms with Crippen LogP contribution in [-0.2, 0) is 12.8 Å². The molecule has 2 aromatic rings. The number of hydrogen-bond acceptors (Lipinski definition) is 8. The van der Waals surface area contributed by atoms with Crippen molar-refractivity contribution in [1.82, 2.24) is 0 Å². The highest BCUT2D eigenvalue weighted by Crippen LogP contribution is 2.28. The van der Waals surface area contributed by atoms with E-state index in [0.717, 1.165) is 37.2 Å². The first-order valence-corrected chi connectivity index (χ1v) is 15.6. The molecule has 0 bridgehead atoms. The van der Waals surface area contributed by atoms with E-state index in [1.54, 1.807) is 26.4 Å². The maximum Gasteiger partial charge on any atom is 0.160 e. The SMILES string of the molecule is COc1cc(CCCSCCSSCCSCCCc2ccc(O)c(OC)c2)ccc1O. The van der Waals surface area contributed by atoms with Gasteiger partial charge in [0.25, 0.3) is 0 Å². The van der Waals surface area contributed by atoms with Crippen molar-refractivity contribution in [1.29, 1.82) is 0 Å². The Hall–Kier alpha value is -0.960. The zero-order valence-electron chi connectivity index (χ0n) is 18.9. The molecule has 0 aliphatic carbocycles. The van der Waals surface area contributed by atoms with Gasteiger partial charge >= 0.3 is 0 Å². The van der Waals surface area contributed by atoms with Crippen LogP contribution < -0.4 is 9.47 Å². The van der Waals surface area contributed by atoms with Gasteiger partial charge in [-0.1, -0.05) is 33.7 Å². The van der Waals surface area contributed by atoms with Crippen LogP contribution in [-0.4, -0.2) is 58.9 Å². The molecule has 2 N–H and O–H groups in total. The van der Waals surface area contributed by atoms with Crippen LogP contribution >= 0.6 is 45.1 Å². The summed E-state index contributed by atoms with van der Waals surface area (Å²) in [5.41, 5.74) is 2.43. The molecule has 0 spiro atoms. The molecule has 0 atom stereocenters. The number of benzene rings is 2. The first kappa shape index (κ1) is 27.3. The molecule has 0 fully saturated rings. The van der Waals surface area contributed by atoms with E-state index in [1.165, 1.54) is 34.1 Å². The molecule has 2 rings (SSSR count). The van der Waals surface area contributed by atoms with E-state index < -0.39 is 0 Å². The first-order valence-electron chi connectivity index (χ1n) is 10.8. The minimum Gasteiger partial charge on any atom is -0.504 e.